The van der Waals surface area contributed by atoms with Gasteiger partial charge >= 0.3 is 24.3 Å². The van der Waals surface area contributed by atoms with E-state index in [1.54, 1.807) is 11.1 Å². The highest BCUT2D eigenvalue weighted by molar-refractivity contribution is 6.42. The molecule has 0 saturated carbocycles. The molecule has 0 amide bonds. The maximum Gasteiger partial charge on any atom is 0.493 e. The SMILES string of the molecule is O=C(Oc1c(F)ccc2c1c(-c1ccc(Cl)c(Cl)c1)c(CN1CCN(c3cccc4[nH]ccc34)CC1)n2OC(=O)C(F)(F)F)C(F)(F)F. The summed E-state index contributed by atoms with van der Waals surface area (Å²) in [7, 11) is 0. The number of benzene rings is 3. The summed E-state index contributed by atoms with van der Waals surface area (Å²) in [5.41, 5.74) is 1.02. The van der Waals surface area contributed by atoms with Crippen molar-refractivity contribution in [3.63, 3.8) is 0 Å². The highest BCUT2D eigenvalue weighted by Crippen LogP contribution is 2.44. The highest BCUT2D eigenvalue weighted by Gasteiger charge is 2.44. The number of rotatable bonds is 6. The number of halogens is 9. The van der Waals surface area contributed by atoms with E-state index < -0.39 is 46.8 Å². The topological polar surface area (TPSA) is 79.8 Å². The van der Waals surface area contributed by atoms with Crippen LogP contribution in [0.5, 0.6) is 5.75 Å². The molecule has 3 aromatic carbocycles. The smallest absolute Gasteiger partial charge is 0.416 e. The van der Waals surface area contributed by atoms with Gasteiger partial charge in [-0.1, -0.05) is 35.3 Å². The van der Waals surface area contributed by atoms with Crippen molar-refractivity contribution in [1.82, 2.24) is 14.6 Å². The van der Waals surface area contributed by atoms with Crippen LogP contribution in [0.25, 0.3) is 32.9 Å². The van der Waals surface area contributed by atoms with Crippen LogP contribution < -0.4 is 14.5 Å². The number of nitrogens with one attached hydrogen (secondary N) is 1. The molecule has 0 aliphatic carbocycles. The Morgan fingerprint density at radius 1 is 0.854 bits per heavy atom. The van der Waals surface area contributed by atoms with Gasteiger partial charge in [-0.3, -0.25) is 4.90 Å². The number of hydrogen-bond acceptors (Lipinski definition) is 6. The standard InChI is InChI=1S/C31H21Cl2F7N4O4/c32-18-5-4-16(14-19(18)33)25-24(15-42-10-12-43(13-11-42)22-3-1-2-21-17(22)8-9-41-21)44(48-29(46)31(38,39)40)23-7-6-20(34)27(26(23)25)47-28(45)30(35,36)37/h1-9,14,41H,10-13,15H2. The van der Waals surface area contributed by atoms with Crippen LogP contribution in [0.2, 0.25) is 10.0 Å². The molecule has 5 aromatic rings. The number of carbonyl (C=O) groups excluding carboxylic acids is 2. The second-order valence-corrected chi connectivity index (χ2v) is 11.6. The summed E-state index contributed by atoms with van der Waals surface area (Å²) >= 11 is 12.3. The van der Waals surface area contributed by atoms with Gasteiger partial charge in [-0.25, -0.2) is 14.0 Å². The molecule has 6 rings (SSSR count). The molecule has 1 N–H and O–H groups in total. The average molecular weight is 717 g/mol. The van der Waals surface area contributed by atoms with Crippen molar-refractivity contribution in [2.75, 3.05) is 31.1 Å². The Bertz CT molecular complexity index is 2050. The van der Waals surface area contributed by atoms with E-state index in [1.807, 2.05) is 24.3 Å². The summed E-state index contributed by atoms with van der Waals surface area (Å²) in [6.45, 7) is 1.34. The summed E-state index contributed by atoms with van der Waals surface area (Å²) in [4.78, 5) is 35.9. The number of piperazine rings is 1. The third-order valence-corrected chi connectivity index (χ3v) is 8.53. The molecule has 48 heavy (non-hydrogen) atoms. The van der Waals surface area contributed by atoms with Gasteiger partial charge < -0.3 is 19.5 Å². The van der Waals surface area contributed by atoms with Gasteiger partial charge in [0.15, 0.2) is 11.6 Å². The first kappa shape index (κ1) is 33.4. The van der Waals surface area contributed by atoms with Gasteiger partial charge in [0.25, 0.3) is 0 Å². The average Bonchev–Trinajstić information content (AvgIpc) is 3.62. The lowest BCUT2D eigenvalue weighted by Crippen LogP contribution is -2.46. The lowest BCUT2D eigenvalue weighted by atomic mass is 10.0. The van der Waals surface area contributed by atoms with Gasteiger partial charge in [-0.2, -0.15) is 31.1 Å². The highest BCUT2D eigenvalue weighted by atomic mass is 35.5. The normalized spacial score (nSPS) is 14.6. The number of H-pyrrole nitrogens is 1. The minimum absolute atomic E-state index is 0.0406. The van der Waals surface area contributed by atoms with Gasteiger partial charge in [0.05, 0.1) is 26.6 Å². The molecule has 2 aromatic heterocycles. The number of carbonyl (C=O) groups is 2. The number of alkyl halides is 6. The first-order valence-electron chi connectivity index (χ1n) is 14.1. The van der Waals surface area contributed by atoms with Crippen molar-refractivity contribution < 1.29 is 49.9 Å². The molecule has 0 atom stereocenters. The zero-order valence-electron chi connectivity index (χ0n) is 24.2. The van der Waals surface area contributed by atoms with Gasteiger partial charge in [0, 0.05) is 61.1 Å². The number of hydrogen-bond donors (Lipinski definition) is 1. The van der Waals surface area contributed by atoms with Gasteiger partial charge in [-0.15, -0.1) is 0 Å². The van der Waals surface area contributed by atoms with E-state index in [9.17, 15) is 35.9 Å². The lowest BCUT2D eigenvalue weighted by molar-refractivity contribution is -0.199. The quantitative estimate of drug-likeness (QED) is 0.111. The van der Waals surface area contributed by atoms with Crippen molar-refractivity contribution in [2.24, 2.45) is 0 Å². The van der Waals surface area contributed by atoms with E-state index in [2.05, 4.69) is 14.6 Å². The molecule has 3 heterocycles. The number of esters is 1. The van der Waals surface area contributed by atoms with Crippen molar-refractivity contribution in [3.05, 3.63) is 82.4 Å². The molecule has 252 valence electrons. The minimum atomic E-state index is -5.56. The maximum absolute atomic E-state index is 15.2. The molecule has 1 aliphatic rings. The van der Waals surface area contributed by atoms with Gasteiger partial charge in [0.2, 0.25) is 0 Å². The summed E-state index contributed by atoms with van der Waals surface area (Å²) in [6.07, 6.45) is -9.25. The van der Waals surface area contributed by atoms with Crippen LogP contribution in [0, 0.1) is 5.82 Å². The fraction of sp³-hybridized carbons (Fsp3) is 0.226. The van der Waals surface area contributed by atoms with E-state index in [1.165, 1.54) is 18.2 Å². The molecule has 0 radical (unpaired) electrons. The van der Waals surface area contributed by atoms with Crippen LogP contribution in [0.15, 0.2) is 60.8 Å². The maximum atomic E-state index is 15.2. The third-order valence-electron chi connectivity index (χ3n) is 7.79. The van der Waals surface area contributed by atoms with Crippen molar-refractivity contribution in [2.45, 2.75) is 18.9 Å². The second kappa shape index (κ2) is 12.5. The molecule has 0 unspecified atom stereocenters. The predicted octanol–water partition coefficient (Wildman–Crippen LogP) is 7.54. The van der Waals surface area contributed by atoms with Crippen LogP contribution in [0.4, 0.5) is 36.4 Å². The number of aromatic nitrogens is 2. The summed E-state index contributed by atoms with van der Waals surface area (Å²) < 4.78 is 100. The molecule has 0 bridgehead atoms. The van der Waals surface area contributed by atoms with Crippen molar-refractivity contribution in [3.8, 4) is 16.9 Å². The first-order chi connectivity index (χ1) is 22.6. The van der Waals surface area contributed by atoms with Crippen molar-refractivity contribution >= 4 is 62.6 Å². The zero-order valence-corrected chi connectivity index (χ0v) is 25.7. The Hall–Kier alpha value is -4.47. The van der Waals surface area contributed by atoms with Crippen LogP contribution in [-0.4, -0.2) is 65.1 Å². The molecule has 1 aliphatic heterocycles. The summed E-state index contributed by atoms with van der Waals surface area (Å²) in [5.74, 6) is -8.14. The second-order valence-electron chi connectivity index (χ2n) is 10.8. The Morgan fingerprint density at radius 2 is 1.56 bits per heavy atom. The zero-order chi connectivity index (χ0) is 34.5. The van der Waals surface area contributed by atoms with Crippen LogP contribution in [0.1, 0.15) is 5.69 Å². The fourth-order valence-corrected chi connectivity index (χ4v) is 5.95. The number of nitrogens with zero attached hydrogens (tertiary/aromatic N) is 3. The summed E-state index contributed by atoms with van der Waals surface area (Å²) in [6, 6.07) is 13.0. The monoisotopic (exact) mass is 716 g/mol. The van der Waals surface area contributed by atoms with Crippen LogP contribution in [-0.2, 0) is 16.1 Å². The molecule has 17 heteroatoms. The molecule has 0 spiro atoms. The third kappa shape index (κ3) is 6.36. The molecular formula is C31H21Cl2F7N4O4. The van der Waals surface area contributed by atoms with Crippen LogP contribution in [0.3, 0.4) is 0 Å². The number of aromatic amines is 1. The van der Waals surface area contributed by atoms with Crippen LogP contribution >= 0.6 is 23.2 Å². The van der Waals surface area contributed by atoms with Gasteiger partial charge in [-0.05, 0) is 48.0 Å². The number of fused-ring (bicyclic) bond motifs is 2. The predicted molar refractivity (Wildman–Crippen MR) is 162 cm³/mol. The number of ether oxygens (including phenoxy) is 1. The fourth-order valence-electron chi connectivity index (χ4n) is 5.65. The first-order valence-corrected chi connectivity index (χ1v) is 14.8. The largest absolute Gasteiger partial charge is 0.493 e. The van der Waals surface area contributed by atoms with E-state index in [4.69, 9.17) is 28.0 Å². The lowest BCUT2D eigenvalue weighted by Gasteiger charge is -2.36. The molecule has 1 saturated heterocycles. The minimum Gasteiger partial charge on any atom is -0.416 e. The Labute approximate surface area is 276 Å². The molecular weight excluding hydrogens is 696 g/mol. The molecule has 1 fully saturated rings. The van der Waals surface area contributed by atoms with Gasteiger partial charge in [0.1, 0.15) is 0 Å². The van der Waals surface area contributed by atoms with Crippen molar-refractivity contribution in [1.29, 1.82) is 0 Å². The van der Waals surface area contributed by atoms with E-state index in [0.717, 1.165) is 22.7 Å². The Balaban J connectivity index is 1.49. The molecule has 8 nitrogen and oxygen atoms in total. The Kier molecular flexibility index (Phi) is 8.72. The summed E-state index contributed by atoms with van der Waals surface area (Å²) in [5, 5.41) is 0.396. The van der Waals surface area contributed by atoms with E-state index in [0.29, 0.717) is 37.0 Å². The number of anilines is 1. The van der Waals surface area contributed by atoms with E-state index in [-0.39, 0.29) is 33.4 Å². The Morgan fingerprint density at radius 3 is 2.23 bits per heavy atom. The van der Waals surface area contributed by atoms with E-state index >= 15 is 4.39 Å².